The van der Waals surface area contributed by atoms with Gasteiger partial charge in [0.1, 0.15) is 11.5 Å². The highest BCUT2D eigenvalue weighted by molar-refractivity contribution is 6.74. The van der Waals surface area contributed by atoms with E-state index in [1.807, 2.05) is 6.07 Å². The van der Waals surface area contributed by atoms with Gasteiger partial charge in [0.25, 0.3) is 0 Å². The lowest BCUT2D eigenvalue weighted by Gasteiger charge is -2.36. The zero-order valence-corrected chi connectivity index (χ0v) is 18.4. The van der Waals surface area contributed by atoms with Crippen molar-refractivity contribution in [3.8, 4) is 11.5 Å². The number of aryl methyl sites for hydroxylation is 1. The van der Waals surface area contributed by atoms with Crippen LogP contribution in [0.25, 0.3) is 0 Å². The van der Waals surface area contributed by atoms with Crippen LogP contribution in [0.5, 0.6) is 11.5 Å². The van der Waals surface area contributed by atoms with E-state index < -0.39 is 8.32 Å². The second-order valence-corrected chi connectivity index (χ2v) is 13.5. The van der Waals surface area contributed by atoms with Gasteiger partial charge in [-0.3, -0.25) is 4.99 Å². The summed E-state index contributed by atoms with van der Waals surface area (Å²) in [4.78, 5) is 4.93. The summed E-state index contributed by atoms with van der Waals surface area (Å²) in [5, 5.41) is 0.193. The number of hydrogen-bond acceptors (Lipinski definition) is 3. The van der Waals surface area contributed by atoms with Crippen LogP contribution in [0.4, 0.5) is 5.69 Å². The van der Waals surface area contributed by atoms with Crippen molar-refractivity contribution in [2.75, 3.05) is 7.11 Å². The molecule has 1 aliphatic carbocycles. The fraction of sp³-hybridized carbons (Fsp3) is 0.435. The van der Waals surface area contributed by atoms with Gasteiger partial charge in [0.2, 0.25) is 8.32 Å². The molecule has 0 saturated carbocycles. The Morgan fingerprint density at radius 1 is 0.926 bits per heavy atom. The Morgan fingerprint density at radius 2 is 1.59 bits per heavy atom. The second kappa shape index (κ2) is 7.51. The molecule has 0 amide bonds. The topological polar surface area (TPSA) is 30.8 Å². The second-order valence-electron chi connectivity index (χ2n) is 8.79. The minimum atomic E-state index is -1.81. The first-order chi connectivity index (χ1) is 12.7. The molecular formula is C23H31NO2Si. The summed E-state index contributed by atoms with van der Waals surface area (Å²) >= 11 is 0. The molecule has 0 spiro atoms. The average molecular weight is 382 g/mol. The van der Waals surface area contributed by atoms with Gasteiger partial charge in [-0.2, -0.15) is 0 Å². The molecule has 0 saturated heterocycles. The zero-order valence-electron chi connectivity index (χ0n) is 17.4. The predicted molar refractivity (Wildman–Crippen MR) is 116 cm³/mol. The number of rotatable bonds is 4. The van der Waals surface area contributed by atoms with Crippen molar-refractivity contribution in [2.45, 2.75) is 58.2 Å². The van der Waals surface area contributed by atoms with Crippen LogP contribution < -0.4 is 9.16 Å². The van der Waals surface area contributed by atoms with E-state index in [0.29, 0.717) is 0 Å². The van der Waals surface area contributed by atoms with Crippen LogP contribution in [0.15, 0.2) is 47.5 Å². The average Bonchev–Trinajstić information content (AvgIpc) is 2.62. The molecule has 0 N–H and O–H groups in total. The number of benzene rings is 2. The van der Waals surface area contributed by atoms with Gasteiger partial charge < -0.3 is 9.16 Å². The van der Waals surface area contributed by atoms with E-state index >= 15 is 0 Å². The molecule has 0 radical (unpaired) electrons. The molecule has 0 aromatic heterocycles. The van der Waals surface area contributed by atoms with E-state index in [-0.39, 0.29) is 5.04 Å². The van der Waals surface area contributed by atoms with Gasteiger partial charge in [0, 0.05) is 5.71 Å². The fourth-order valence-corrected chi connectivity index (χ4v) is 4.11. The van der Waals surface area contributed by atoms with Crippen LogP contribution in [0.1, 0.15) is 44.7 Å². The summed E-state index contributed by atoms with van der Waals surface area (Å²) < 4.78 is 11.7. The third-order valence-corrected chi connectivity index (χ3v) is 10.1. The lowest BCUT2D eigenvalue weighted by molar-refractivity contribution is 0.414. The van der Waals surface area contributed by atoms with E-state index in [1.54, 1.807) is 7.11 Å². The van der Waals surface area contributed by atoms with Crippen molar-refractivity contribution in [2.24, 2.45) is 4.99 Å². The number of methoxy groups -OCH3 is 1. The Bertz CT molecular complexity index is 832. The highest BCUT2D eigenvalue weighted by Crippen LogP contribution is 2.37. The smallest absolute Gasteiger partial charge is 0.250 e. The molecule has 0 heterocycles. The van der Waals surface area contributed by atoms with Crippen LogP contribution in [0.3, 0.4) is 0 Å². The summed E-state index contributed by atoms with van der Waals surface area (Å²) in [6.45, 7) is 11.3. The van der Waals surface area contributed by atoms with Gasteiger partial charge in [-0.1, -0.05) is 20.8 Å². The fourth-order valence-electron chi connectivity index (χ4n) is 3.07. The Hall–Kier alpha value is -2.07. The molecule has 0 aliphatic heterocycles. The molecule has 0 fully saturated rings. The molecule has 27 heavy (non-hydrogen) atoms. The third kappa shape index (κ3) is 4.44. The van der Waals surface area contributed by atoms with Gasteiger partial charge >= 0.3 is 0 Å². The summed E-state index contributed by atoms with van der Waals surface area (Å²) in [7, 11) is -0.0945. The van der Waals surface area contributed by atoms with Gasteiger partial charge in [-0.25, -0.2) is 0 Å². The van der Waals surface area contributed by atoms with E-state index in [9.17, 15) is 0 Å². The quantitative estimate of drug-likeness (QED) is 0.563. The normalized spacial score (nSPS) is 16.1. The first kappa shape index (κ1) is 19.7. The predicted octanol–water partition coefficient (Wildman–Crippen LogP) is 6.54. The summed E-state index contributed by atoms with van der Waals surface area (Å²) in [6, 6.07) is 14.5. The van der Waals surface area contributed by atoms with Crippen molar-refractivity contribution < 1.29 is 9.16 Å². The molecule has 4 heteroatoms. The van der Waals surface area contributed by atoms with Crippen LogP contribution in [0.2, 0.25) is 18.1 Å². The van der Waals surface area contributed by atoms with E-state index in [1.165, 1.54) is 11.1 Å². The Labute approximate surface area is 164 Å². The number of hydrogen-bond donors (Lipinski definition) is 0. The minimum Gasteiger partial charge on any atom is -0.544 e. The molecule has 2 aromatic rings. The van der Waals surface area contributed by atoms with Gasteiger partial charge in [-0.15, -0.1) is 0 Å². The van der Waals surface area contributed by atoms with Gasteiger partial charge in [0.15, 0.2) is 0 Å². The highest BCUT2D eigenvalue weighted by atomic mass is 28.4. The molecule has 144 valence electrons. The monoisotopic (exact) mass is 381 g/mol. The van der Waals surface area contributed by atoms with Crippen LogP contribution >= 0.6 is 0 Å². The molecule has 0 atom stereocenters. The highest BCUT2D eigenvalue weighted by Gasteiger charge is 2.38. The van der Waals surface area contributed by atoms with Crippen molar-refractivity contribution in [3.05, 3.63) is 53.6 Å². The van der Waals surface area contributed by atoms with Crippen molar-refractivity contribution in [1.82, 2.24) is 0 Å². The van der Waals surface area contributed by atoms with E-state index in [0.717, 1.165) is 42.2 Å². The lowest BCUT2D eigenvalue weighted by atomic mass is 9.90. The molecule has 0 unspecified atom stereocenters. The lowest BCUT2D eigenvalue weighted by Crippen LogP contribution is -2.43. The third-order valence-electron chi connectivity index (χ3n) is 5.76. The number of fused-ring (bicyclic) bond motifs is 1. The number of nitrogens with zero attached hydrogens (tertiary/aromatic N) is 1. The van der Waals surface area contributed by atoms with Crippen molar-refractivity contribution in [3.63, 3.8) is 0 Å². The first-order valence-corrected chi connectivity index (χ1v) is 12.6. The van der Waals surface area contributed by atoms with Gasteiger partial charge in [0.05, 0.1) is 12.8 Å². The van der Waals surface area contributed by atoms with Crippen molar-refractivity contribution in [1.29, 1.82) is 0 Å². The number of ether oxygens (including phenoxy) is 1. The molecule has 3 nitrogen and oxygen atoms in total. The maximum atomic E-state index is 6.37. The molecular weight excluding hydrogens is 350 g/mol. The van der Waals surface area contributed by atoms with E-state index in [2.05, 4.69) is 70.3 Å². The standard InChI is InChI=1S/C23H31NO2Si/c1-23(2,3)27(5,6)26-19-12-10-18(11-13-19)24-22-9-7-8-17-16-20(25-4)14-15-21(17)22/h10-16H,7-9H2,1-6H3. The molecule has 1 aliphatic rings. The van der Waals surface area contributed by atoms with Crippen molar-refractivity contribution >= 4 is 19.7 Å². The van der Waals surface area contributed by atoms with Crippen LogP contribution in [-0.4, -0.2) is 21.1 Å². The summed E-state index contributed by atoms with van der Waals surface area (Å²) in [5.41, 5.74) is 4.73. The minimum absolute atomic E-state index is 0.193. The van der Waals surface area contributed by atoms with Crippen LogP contribution in [0, 0.1) is 0 Å². The Kier molecular flexibility index (Phi) is 5.47. The Morgan fingerprint density at radius 3 is 2.22 bits per heavy atom. The van der Waals surface area contributed by atoms with Crippen LogP contribution in [-0.2, 0) is 6.42 Å². The maximum Gasteiger partial charge on any atom is 0.250 e. The summed E-state index contributed by atoms with van der Waals surface area (Å²) in [6.07, 6.45) is 3.23. The van der Waals surface area contributed by atoms with E-state index in [4.69, 9.17) is 14.2 Å². The molecule has 0 bridgehead atoms. The first-order valence-electron chi connectivity index (χ1n) is 9.73. The SMILES string of the molecule is COc1ccc2c(c1)CCCC2=Nc1ccc(O[Si](C)(C)C(C)(C)C)cc1. The largest absolute Gasteiger partial charge is 0.544 e. The zero-order chi connectivity index (χ0) is 19.7. The van der Waals surface area contributed by atoms with Gasteiger partial charge in [-0.05, 0) is 91.0 Å². The maximum absolute atomic E-state index is 6.37. The molecule has 2 aromatic carbocycles. The number of aliphatic imine (C=N–C) groups is 1. The summed E-state index contributed by atoms with van der Waals surface area (Å²) in [5.74, 6) is 1.86. The molecule has 3 rings (SSSR count). The Balaban J connectivity index is 1.81.